The van der Waals surface area contributed by atoms with Gasteiger partial charge in [0.25, 0.3) is 0 Å². The first-order valence-electron chi connectivity index (χ1n) is 7.88. The summed E-state index contributed by atoms with van der Waals surface area (Å²) < 4.78 is 27.0. The van der Waals surface area contributed by atoms with E-state index in [2.05, 4.69) is 0 Å². The number of carbonyl (C=O) groups excluding carboxylic acids is 1. The van der Waals surface area contributed by atoms with Gasteiger partial charge in [0.2, 0.25) is 5.91 Å². The molecule has 6 heteroatoms. The molecule has 2 aromatic heterocycles. The molecular weight excluding hydrogens is 360 g/mol. The number of nitrogens with zero attached hydrogens (tertiary/aromatic N) is 1. The molecule has 3 rings (SSSR count). The Balaban J connectivity index is 1.68. The van der Waals surface area contributed by atoms with E-state index in [4.69, 9.17) is 0 Å². The zero-order chi connectivity index (χ0) is 17.6. The van der Waals surface area contributed by atoms with Crippen LogP contribution in [0.2, 0.25) is 0 Å². The van der Waals surface area contributed by atoms with Crippen LogP contribution < -0.4 is 0 Å². The highest BCUT2D eigenvalue weighted by Crippen LogP contribution is 2.19. The summed E-state index contributed by atoms with van der Waals surface area (Å²) >= 11 is 3.20. The van der Waals surface area contributed by atoms with Crippen LogP contribution in [-0.4, -0.2) is 10.8 Å². The van der Waals surface area contributed by atoms with E-state index in [0.29, 0.717) is 13.1 Å². The van der Waals surface area contributed by atoms with E-state index in [0.717, 1.165) is 28.0 Å². The van der Waals surface area contributed by atoms with Crippen molar-refractivity contribution in [2.24, 2.45) is 0 Å². The second kappa shape index (κ2) is 8.36. The molecule has 0 atom stereocenters. The van der Waals surface area contributed by atoms with Gasteiger partial charge in [0.15, 0.2) is 0 Å². The Labute approximate surface area is 153 Å². The Bertz CT molecular complexity index is 780. The van der Waals surface area contributed by atoms with Crippen molar-refractivity contribution >= 4 is 28.6 Å². The Morgan fingerprint density at radius 1 is 0.960 bits per heavy atom. The van der Waals surface area contributed by atoms with Gasteiger partial charge in [-0.1, -0.05) is 12.1 Å². The van der Waals surface area contributed by atoms with Gasteiger partial charge in [-0.05, 0) is 53.1 Å². The zero-order valence-electron chi connectivity index (χ0n) is 13.5. The first-order chi connectivity index (χ1) is 12.1. The highest BCUT2D eigenvalue weighted by molar-refractivity contribution is 7.10. The fraction of sp³-hybridized carbons (Fsp3) is 0.211. The van der Waals surface area contributed by atoms with Crippen molar-refractivity contribution in [3.63, 3.8) is 0 Å². The largest absolute Gasteiger partial charge is 0.332 e. The van der Waals surface area contributed by atoms with Crippen molar-refractivity contribution in [3.8, 4) is 0 Å². The number of halogens is 2. The maximum Gasteiger partial charge on any atom is 0.223 e. The molecule has 3 aromatic rings. The molecule has 0 aliphatic carbocycles. The van der Waals surface area contributed by atoms with E-state index in [9.17, 15) is 13.6 Å². The SMILES string of the molecule is O=C(CCc1cc(F)ccc1F)N(Cc1cccs1)Cc1cccs1. The smallest absolute Gasteiger partial charge is 0.223 e. The van der Waals surface area contributed by atoms with Crippen LogP contribution in [0.25, 0.3) is 0 Å². The molecule has 0 N–H and O–H groups in total. The summed E-state index contributed by atoms with van der Waals surface area (Å²) in [5.74, 6) is -1.03. The topological polar surface area (TPSA) is 20.3 Å². The van der Waals surface area contributed by atoms with Gasteiger partial charge in [0.1, 0.15) is 11.6 Å². The monoisotopic (exact) mass is 377 g/mol. The van der Waals surface area contributed by atoms with Gasteiger partial charge in [0, 0.05) is 16.2 Å². The Morgan fingerprint density at radius 2 is 1.60 bits per heavy atom. The Morgan fingerprint density at radius 3 is 2.16 bits per heavy atom. The third kappa shape index (κ3) is 4.96. The van der Waals surface area contributed by atoms with Crippen LogP contribution in [0.3, 0.4) is 0 Å². The first-order valence-corrected chi connectivity index (χ1v) is 9.64. The minimum Gasteiger partial charge on any atom is -0.332 e. The van der Waals surface area contributed by atoms with Gasteiger partial charge in [-0.25, -0.2) is 8.78 Å². The van der Waals surface area contributed by atoms with Crippen molar-refractivity contribution in [3.05, 3.63) is 80.2 Å². The number of amides is 1. The van der Waals surface area contributed by atoms with E-state index in [1.807, 2.05) is 35.0 Å². The van der Waals surface area contributed by atoms with Crippen LogP contribution >= 0.6 is 22.7 Å². The molecule has 1 amide bonds. The lowest BCUT2D eigenvalue weighted by Crippen LogP contribution is -2.29. The van der Waals surface area contributed by atoms with E-state index in [1.54, 1.807) is 27.6 Å². The summed E-state index contributed by atoms with van der Waals surface area (Å²) in [5.41, 5.74) is 0.237. The summed E-state index contributed by atoms with van der Waals surface area (Å²) in [6.07, 6.45) is 0.338. The van der Waals surface area contributed by atoms with Crippen LogP contribution in [-0.2, 0) is 24.3 Å². The first kappa shape index (κ1) is 17.8. The quantitative estimate of drug-likeness (QED) is 0.551. The van der Waals surface area contributed by atoms with Gasteiger partial charge in [-0.2, -0.15) is 0 Å². The highest BCUT2D eigenvalue weighted by Gasteiger charge is 2.17. The van der Waals surface area contributed by atoms with E-state index in [-0.39, 0.29) is 24.3 Å². The average molecular weight is 377 g/mol. The molecule has 0 saturated carbocycles. The summed E-state index contributed by atoms with van der Waals surface area (Å²) in [7, 11) is 0. The summed E-state index contributed by atoms with van der Waals surface area (Å²) in [6, 6.07) is 11.2. The number of rotatable bonds is 7. The fourth-order valence-electron chi connectivity index (χ4n) is 2.55. The summed E-state index contributed by atoms with van der Waals surface area (Å²) in [4.78, 5) is 16.7. The molecule has 25 heavy (non-hydrogen) atoms. The van der Waals surface area contributed by atoms with Crippen LogP contribution in [0, 0.1) is 11.6 Å². The van der Waals surface area contributed by atoms with Gasteiger partial charge in [0.05, 0.1) is 13.1 Å². The number of thiophene rings is 2. The predicted molar refractivity (Wildman–Crippen MR) is 97.6 cm³/mol. The molecule has 0 saturated heterocycles. The fourth-order valence-corrected chi connectivity index (χ4v) is 3.99. The molecule has 0 aliphatic heterocycles. The van der Waals surface area contributed by atoms with Gasteiger partial charge in [-0.3, -0.25) is 4.79 Å². The average Bonchev–Trinajstić information content (AvgIpc) is 3.28. The molecule has 0 spiro atoms. The van der Waals surface area contributed by atoms with Crippen molar-refractivity contribution in [2.75, 3.05) is 0 Å². The molecule has 0 bridgehead atoms. The van der Waals surface area contributed by atoms with Crippen molar-refractivity contribution in [2.45, 2.75) is 25.9 Å². The maximum atomic E-state index is 13.7. The van der Waals surface area contributed by atoms with Crippen LogP contribution in [0.15, 0.2) is 53.2 Å². The van der Waals surface area contributed by atoms with E-state index < -0.39 is 11.6 Å². The van der Waals surface area contributed by atoms with Crippen molar-refractivity contribution in [1.29, 1.82) is 0 Å². The lowest BCUT2D eigenvalue weighted by molar-refractivity contribution is -0.132. The zero-order valence-corrected chi connectivity index (χ0v) is 15.1. The van der Waals surface area contributed by atoms with Gasteiger partial charge in [-0.15, -0.1) is 22.7 Å². The van der Waals surface area contributed by atoms with Crippen LogP contribution in [0.5, 0.6) is 0 Å². The number of benzene rings is 1. The van der Waals surface area contributed by atoms with Crippen molar-refractivity contribution < 1.29 is 13.6 Å². The number of carbonyl (C=O) groups is 1. The summed E-state index contributed by atoms with van der Waals surface area (Å²) in [6.45, 7) is 1.06. The Kier molecular flexibility index (Phi) is 5.94. The standard InChI is InChI=1S/C19H17F2NOS2/c20-15-6-7-18(21)14(11-15)5-8-19(23)22(12-16-3-1-9-24-16)13-17-4-2-10-25-17/h1-4,6-7,9-11H,5,8,12-13H2. The van der Waals surface area contributed by atoms with Gasteiger partial charge < -0.3 is 4.90 Å². The molecule has 1 aromatic carbocycles. The maximum absolute atomic E-state index is 13.7. The van der Waals surface area contributed by atoms with Crippen LogP contribution in [0.1, 0.15) is 21.7 Å². The van der Waals surface area contributed by atoms with Crippen molar-refractivity contribution in [1.82, 2.24) is 4.90 Å². The molecule has 0 unspecified atom stereocenters. The third-order valence-electron chi connectivity index (χ3n) is 3.82. The lowest BCUT2D eigenvalue weighted by atomic mass is 10.1. The molecule has 130 valence electrons. The van der Waals surface area contributed by atoms with E-state index >= 15 is 0 Å². The minimum absolute atomic E-state index is 0.0644. The minimum atomic E-state index is -0.488. The van der Waals surface area contributed by atoms with E-state index in [1.165, 1.54) is 0 Å². The predicted octanol–water partition coefficient (Wildman–Crippen LogP) is 5.25. The molecule has 0 radical (unpaired) electrons. The molecular formula is C19H17F2NOS2. The number of hydrogen-bond acceptors (Lipinski definition) is 3. The molecule has 0 fully saturated rings. The normalized spacial score (nSPS) is 10.8. The van der Waals surface area contributed by atoms with Gasteiger partial charge >= 0.3 is 0 Å². The third-order valence-corrected chi connectivity index (χ3v) is 5.54. The second-order valence-electron chi connectivity index (χ2n) is 5.64. The summed E-state index contributed by atoms with van der Waals surface area (Å²) in [5, 5.41) is 3.95. The highest BCUT2D eigenvalue weighted by atomic mass is 32.1. The molecule has 2 nitrogen and oxygen atoms in total. The Hall–Kier alpha value is -2.05. The van der Waals surface area contributed by atoms with Crippen LogP contribution in [0.4, 0.5) is 8.78 Å². The number of hydrogen-bond donors (Lipinski definition) is 0. The second-order valence-corrected chi connectivity index (χ2v) is 7.71. The lowest BCUT2D eigenvalue weighted by Gasteiger charge is -2.21. The molecule has 0 aliphatic rings. The number of aryl methyl sites for hydroxylation is 1. The molecule has 2 heterocycles.